The van der Waals surface area contributed by atoms with Crippen molar-refractivity contribution in [2.75, 3.05) is 42.5 Å². The third kappa shape index (κ3) is 5.67. The summed E-state index contributed by atoms with van der Waals surface area (Å²) in [4.78, 5) is 63.1. The Morgan fingerprint density at radius 1 is 0.852 bits per heavy atom. The maximum Gasteiger partial charge on any atom is 0.434 e. The Morgan fingerprint density at radius 2 is 1.52 bits per heavy atom. The van der Waals surface area contributed by atoms with Gasteiger partial charge in [-0.15, -0.1) is 0 Å². The quantitative estimate of drug-likeness (QED) is 0.327. The lowest BCUT2D eigenvalue weighted by Crippen LogP contribution is -2.70. The Hall–Kier alpha value is -4.82. The number of hydrogen-bond donors (Lipinski definition) is 2. The molecule has 0 radical (unpaired) electrons. The van der Waals surface area contributed by atoms with Crippen molar-refractivity contribution < 1.29 is 32.7 Å². The predicted molar refractivity (Wildman–Crippen MR) is 190 cm³/mol. The normalized spacial score (nSPS) is 28.3. The first-order chi connectivity index (χ1) is 25.9. The van der Waals surface area contributed by atoms with Crippen molar-refractivity contribution >= 4 is 35.4 Å². The minimum absolute atomic E-state index is 0.111. The van der Waals surface area contributed by atoms with Crippen LogP contribution in [0.1, 0.15) is 96.2 Å². The van der Waals surface area contributed by atoms with E-state index in [2.05, 4.69) is 25.3 Å². The van der Waals surface area contributed by atoms with Gasteiger partial charge in [0.05, 0.1) is 5.56 Å². The topological polar surface area (TPSA) is 145 Å². The standard InChI is InChI=1S/C39H43F3N8O4/c40-39(41,42)31-28(32(51)47-38(34(53)54)26-16-23-15-24(18-26)19-27(38)17-23)21-45-36(46-31)50-22-37(7-2-1-3-8-37)29-20-25(5-6-30(29)50)33(52)48-11-13-49(14-12-48)35-43-9-4-10-44-35/h4-6,9-10,20-21,23-24,26-27H,1-3,7-8,11-19,22H2,(H,47,51)(H,53,54). The van der Waals surface area contributed by atoms with E-state index >= 15 is 0 Å². The molecular formula is C39H43F3N8O4. The van der Waals surface area contributed by atoms with Gasteiger partial charge in [-0.3, -0.25) is 9.59 Å². The van der Waals surface area contributed by atoms with Gasteiger partial charge in [0.25, 0.3) is 11.8 Å². The summed E-state index contributed by atoms with van der Waals surface area (Å²) in [6.45, 7) is 2.51. The highest BCUT2D eigenvalue weighted by atomic mass is 19.4. The van der Waals surface area contributed by atoms with Crippen molar-refractivity contribution in [3.05, 3.63) is 65.2 Å². The largest absolute Gasteiger partial charge is 0.479 e. The summed E-state index contributed by atoms with van der Waals surface area (Å²) in [6, 6.07) is 7.15. The van der Waals surface area contributed by atoms with Crippen LogP contribution in [0, 0.1) is 23.7 Å². The van der Waals surface area contributed by atoms with Crippen molar-refractivity contribution in [2.45, 2.75) is 81.3 Å². The number of amides is 2. The molecule has 54 heavy (non-hydrogen) atoms. The molecule has 2 aliphatic heterocycles. The zero-order chi connectivity index (χ0) is 37.4. The van der Waals surface area contributed by atoms with Crippen LogP contribution in [0.2, 0.25) is 0 Å². The van der Waals surface area contributed by atoms with E-state index in [0.29, 0.717) is 87.4 Å². The Balaban J connectivity index is 1.00. The number of carboxylic acids is 1. The van der Waals surface area contributed by atoms with Crippen molar-refractivity contribution in [3.63, 3.8) is 0 Å². The Kier molecular flexibility index (Phi) is 8.34. The average Bonchev–Trinajstić information content (AvgIpc) is 3.48. The summed E-state index contributed by atoms with van der Waals surface area (Å²) in [5.41, 5.74) is -2.15. The van der Waals surface area contributed by atoms with Crippen LogP contribution in [0.25, 0.3) is 0 Å². The zero-order valence-corrected chi connectivity index (χ0v) is 29.9. The van der Waals surface area contributed by atoms with Crippen LogP contribution < -0.4 is 15.1 Å². The molecule has 2 amide bonds. The molecule has 2 aromatic heterocycles. The van der Waals surface area contributed by atoms with Crippen LogP contribution in [0.15, 0.2) is 42.9 Å². The highest BCUT2D eigenvalue weighted by Gasteiger charge is 2.62. The van der Waals surface area contributed by atoms with Crippen molar-refractivity contribution in [1.29, 1.82) is 0 Å². The lowest BCUT2D eigenvalue weighted by molar-refractivity contribution is -0.163. The molecular weight excluding hydrogens is 701 g/mol. The van der Waals surface area contributed by atoms with Crippen LogP contribution in [0.3, 0.4) is 0 Å². The Labute approximate surface area is 310 Å². The lowest BCUT2D eigenvalue weighted by Gasteiger charge is -2.59. The molecule has 0 atom stereocenters. The number of nitrogens with zero attached hydrogens (tertiary/aromatic N) is 7. The molecule has 6 fully saturated rings. The van der Waals surface area contributed by atoms with Gasteiger partial charge in [0, 0.05) is 68.0 Å². The van der Waals surface area contributed by atoms with Crippen LogP contribution in [-0.2, 0) is 16.4 Å². The molecule has 7 aliphatic rings. The minimum atomic E-state index is -5.01. The zero-order valence-electron chi connectivity index (χ0n) is 29.9. The molecule has 4 heterocycles. The van der Waals surface area contributed by atoms with Gasteiger partial charge in [-0.25, -0.2) is 24.7 Å². The first-order valence-electron chi connectivity index (χ1n) is 19.2. The summed E-state index contributed by atoms with van der Waals surface area (Å²) in [5, 5.41) is 13.1. The Bertz CT molecular complexity index is 1950. The molecule has 1 spiro atoms. The van der Waals surface area contributed by atoms with Gasteiger partial charge >= 0.3 is 12.1 Å². The number of piperazine rings is 1. The number of benzene rings is 1. The van der Waals surface area contributed by atoms with Gasteiger partial charge in [-0.1, -0.05) is 19.3 Å². The number of anilines is 3. The molecule has 15 heteroatoms. The number of nitrogens with one attached hydrogen (secondary N) is 1. The van der Waals surface area contributed by atoms with Crippen LogP contribution in [-0.4, -0.2) is 86.0 Å². The molecule has 12 nitrogen and oxygen atoms in total. The summed E-state index contributed by atoms with van der Waals surface area (Å²) in [7, 11) is 0. The van der Waals surface area contributed by atoms with Gasteiger partial charge < -0.3 is 25.1 Å². The first-order valence-corrected chi connectivity index (χ1v) is 19.2. The highest BCUT2D eigenvalue weighted by Crippen LogP contribution is 2.58. The van der Waals surface area contributed by atoms with Crippen molar-refractivity contribution in [2.24, 2.45) is 23.7 Å². The molecule has 4 bridgehead atoms. The summed E-state index contributed by atoms with van der Waals surface area (Å²) in [5.74, 6) is -1.87. The van der Waals surface area contributed by atoms with Crippen LogP contribution >= 0.6 is 0 Å². The molecule has 10 rings (SSSR count). The number of halogens is 3. The van der Waals surface area contributed by atoms with E-state index < -0.39 is 40.3 Å². The van der Waals surface area contributed by atoms with E-state index in [4.69, 9.17) is 0 Å². The van der Waals surface area contributed by atoms with E-state index in [1.807, 2.05) is 15.9 Å². The third-order valence-corrected chi connectivity index (χ3v) is 13.4. The lowest BCUT2D eigenvalue weighted by atomic mass is 9.48. The van der Waals surface area contributed by atoms with Gasteiger partial charge in [-0.2, -0.15) is 13.2 Å². The molecule has 5 aliphatic carbocycles. The SMILES string of the molecule is O=C(NC1(C(=O)O)C2CC3CC(C2)CC1C3)c1cnc(N2CC3(CCCCC3)c3cc(C(=O)N4CCN(c5ncccn5)CC4)ccc32)nc1C(F)(F)F. The van der Waals surface area contributed by atoms with E-state index in [1.54, 1.807) is 35.5 Å². The number of hydrogen-bond acceptors (Lipinski definition) is 9. The van der Waals surface area contributed by atoms with Crippen LogP contribution in [0.4, 0.5) is 30.8 Å². The fourth-order valence-electron chi connectivity index (χ4n) is 11.1. The summed E-state index contributed by atoms with van der Waals surface area (Å²) in [6.07, 6.45) is 7.42. The molecule has 5 saturated carbocycles. The molecule has 3 aromatic rings. The maximum absolute atomic E-state index is 14.8. The second kappa shape index (κ2) is 12.9. The average molecular weight is 745 g/mol. The maximum atomic E-state index is 14.8. The second-order valence-electron chi connectivity index (χ2n) is 16.3. The number of alkyl halides is 3. The number of aromatic nitrogens is 4. The number of rotatable bonds is 6. The highest BCUT2D eigenvalue weighted by molar-refractivity contribution is 5.99. The van der Waals surface area contributed by atoms with E-state index in [9.17, 15) is 32.7 Å². The third-order valence-electron chi connectivity index (χ3n) is 13.4. The van der Waals surface area contributed by atoms with E-state index in [0.717, 1.165) is 50.3 Å². The Morgan fingerprint density at radius 3 is 2.15 bits per heavy atom. The number of aliphatic carboxylic acids is 1. The number of carbonyl (C=O) groups excluding carboxylic acids is 2. The van der Waals surface area contributed by atoms with E-state index in [1.165, 1.54) is 0 Å². The second-order valence-corrected chi connectivity index (χ2v) is 16.3. The fourth-order valence-corrected chi connectivity index (χ4v) is 11.1. The van der Waals surface area contributed by atoms with Gasteiger partial charge in [-0.05, 0) is 98.4 Å². The molecule has 1 saturated heterocycles. The van der Waals surface area contributed by atoms with Crippen LogP contribution in [0.5, 0.6) is 0 Å². The van der Waals surface area contributed by atoms with Gasteiger partial charge in [0.1, 0.15) is 5.54 Å². The summed E-state index contributed by atoms with van der Waals surface area (Å²) >= 11 is 0. The van der Waals surface area contributed by atoms with Crippen molar-refractivity contribution in [3.8, 4) is 0 Å². The minimum Gasteiger partial charge on any atom is -0.479 e. The van der Waals surface area contributed by atoms with Gasteiger partial charge in [0.15, 0.2) is 5.69 Å². The van der Waals surface area contributed by atoms with Gasteiger partial charge in [0.2, 0.25) is 11.9 Å². The fraction of sp³-hybridized carbons (Fsp3) is 0.564. The smallest absolute Gasteiger partial charge is 0.434 e. The predicted octanol–water partition coefficient (Wildman–Crippen LogP) is 5.61. The number of carbonyl (C=O) groups is 3. The monoisotopic (exact) mass is 744 g/mol. The molecule has 0 unspecified atom stereocenters. The molecule has 2 N–H and O–H groups in total. The number of fused-ring (bicyclic) bond motifs is 2. The molecule has 284 valence electrons. The molecule has 1 aromatic carbocycles. The first kappa shape index (κ1) is 34.9. The van der Waals surface area contributed by atoms with E-state index in [-0.39, 0.29) is 23.7 Å². The van der Waals surface area contributed by atoms with Crippen molar-refractivity contribution in [1.82, 2.24) is 30.2 Å². The summed E-state index contributed by atoms with van der Waals surface area (Å²) < 4.78 is 44.5. The number of carboxylic acid groups (broad SMARTS) is 1.